The highest BCUT2D eigenvalue weighted by atomic mass is 35.5. The third kappa shape index (κ3) is 3.52. The van der Waals surface area contributed by atoms with Crippen molar-refractivity contribution in [1.82, 2.24) is 5.32 Å². The molecule has 0 saturated carbocycles. The first-order valence-corrected chi connectivity index (χ1v) is 8.91. The highest BCUT2D eigenvalue weighted by Crippen LogP contribution is 2.33. The minimum atomic E-state index is -0.411. The fourth-order valence-corrected chi connectivity index (χ4v) is 3.57. The largest absolute Gasteiger partial charge is 0.478 e. The number of anilines is 1. The van der Waals surface area contributed by atoms with Crippen LogP contribution >= 0.6 is 22.9 Å². The Morgan fingerprint density at radius 1 is 1.43 bits per heavy atom. The van der Waals surface area contributed by atoms with Gasteiger partial charge in [0.2, 0.25) is 0 Å². The molecule has 0 radical (unpaired) electrons. The van der Waals surface area contributed by atoms with Gasteiger partial charge in [-0.1, -0.05) is 24.6 Å². The van der Waals surface area contributed by atoms with Crippen LogP contribution in [0.1, 0.15) is 36.8 Å². The van der Waals surface area contributed by atoms with E-state index in [1.54, 1.807) is 11.3 Å². The van der Waals surface area contributed by atoms with Gasteiger partial charge in [0.25, 0.3) is 5.91 Å². The zero-order valence-electron chi connectivity index (χ0n) is 13.1. The Kier molecular flexibility index (Phi) is 4.90. The number of carbonyl (C=O) groups is 1. The quantitative estimate of drug-likeness (QED) is 0.842. The van der Waals surface area contributed by atoms with Gasteiger partial charge < -0.3 is 15.4 Å². The van der Waals surface area contributed by atoms with Gasteiger partial charge >= 0.3 is 0 Å². The summed E-state index contributed by atoms with van der Waals surface area (Å²) in [6.45, 7) is 4.76. The fourth-order valence-electron chi connectivity index (χ4n) is 2.51. The molecule has 4 nitrogen and oxygen atoms in total. The molecule has 0 bridgehead atoms. The molecule has 1 amide bonds. The van der Waals surface area contributed by atoms with Gasteiger partial charge in [0.15, 0.2) is 6.10 Å². The van der Waals surface area contributed by atoms with Gasteiger partial charge in [0.1, 0.15) is 5.75 Å². The second-order valence-electron chi connectivity index (χ2n) is 5.55. The molecule has 1 aliphatic heterocycles. The van der Waals surface area contributed by atoms with Crippen molar-refractivity contribution in [3.63, 3.8) is 0 Å². The summed E-state index contributed by atoms with van der Waals surface area (Å²) >= 11 is 7.77. The average molecular weight is 351 g/mol. The van der Waals surface area contributed by atoms with E-state index in [-0.39, 0.29) is 11.9 Å². The van der Waals surface area contributed by atoms with Crippen LogP contribution in [0.25, 0.3) is 0 Å². The molecule has 3 rings (SSSR count). The average Bonchev–Trinajstić information content (AvgIpc) is 2.96. The molecule has 0 saturated heterocycles. The summed E-state index contributed by atoms with van der Waals surface area (Å²) < 4.78 is 5.79. The van der Waals surface area contributed by atoms with E-state index in [2.05, 4.69) is 17.6 Å². The Hall–Kier alpha value is -1.56. The lowest BCUT2D eigenvalue weighted by atomic mass is 10.1. The van der Waals surface area contributed by atoms with E-state index >= 15 is 0 Å². The number of rotatable bonds is 5. The lowest BCUT2D eigenvalue weighted by Crippen LogP contribution is -2.36. The minimum absolute atomic E-state index is 0.0775. The zero-order valence-corrected chi connectivity index (χ0v) is 14.6. The molecular weight excluding hydrogens is 332 g/mol. The number of hydrogen-bond donors (Lipinski definition) is 2. The predicted molar refractivity (Wildman–Crippen MR) is 94.4 cm³/mol. The number of ether oxygens (including phenoxy) is 1. The van der Waals surface area contributed by atoms with Gasteiger partial charge in [-0.3, -0.25) is 4.79 Å². The van der Waals surface area contributed by atoms with Gasteiger partial charge in [-0.05, 0) is 42.5 Å². The lowest BCUT2D eigenvalue weighted by molar-refractivity contribution is -0.123. The summed E-state index contributed by atoms with van der Waals surface area (Å²) in [7, 11) is 0. The van der Waals surface area contributed by atoms with Crippen molar-refractivity contribution in [2.75, 3.05) is 5.32 Å². The molecule has 6 heteroatoms. The SMILES string of the molecule is CC[C@H]1Oc2cc([C@H](C)NCc3sccc3Cl)ccc2NC1=O. The molecule has 0 fully saturated rings. The van der Waals surface area contributed by atoms with Gasteiger partial charge in [0.05, 0.1) is 10.7 Å². The number of benzene rings is 1. The van der Waals surface area contributed by atoms with E-state index < -0.39 is 6.10 Å². The third-order valence-electron chi connectivity index (χ3n) is 3.96. The van der Waals surface area contributed by atoms with Crippen molar-refractivity contribution in [1.29, 1.82) is 0 Å². The predicted octanol–water partition coefficient (Wildman–Crippen LogP) is 4.36. The first kappa shape index (κ1) is 16.3. The number of fused-ring (bicyclic) bond motifs is 1. The van der Waals surface area contributed by atoms with Gasteiger partial charge in [-0.15, -0.1) is 11.3 Å². The molecule has 0 aliphatic carbocycles. The van der Waals surface area contributed by atoms with E-state index in [9.17, 15) is 4.79 Å². The molecule has 2 atom stereocenters. The third-order valence-corrected chi connectivity index (χ3v) is 5.34. The Balaban J connectivity index is 1.71. The molecule has 2 N–H and O–H groups in total. The minimum Gasteiger partial charge on any atom is -0.478 e. The van der Waals surface area contributed by atoms with Crippen LogP contribution in [-0.2, 0) is 11.3 Å². The lowest BCUT2D eigenvalue weighted by Gasteiger charge is -2.26. The van der Waals surface area contributed by atoms with Crippen molar-refractivity contribution < 1.29 is 9.53 Å². The molecular formula is C17H19ClN2O2S. The molecule has 2 aromatic rings. The van der Waals surface area contributed by atoms with E-state index in [0.717, 1.165) is 33.4 Å². The van der Waals surface area contributed by atoms with Crippen molar-refractivity contribution in [2.24, 2.45) is 0 Å². The number of hydrogen-bond acceptors (Lipinski definition) is 4. The monoisotopic (exact) mass is 350 g/mol. The maximum atomic E-state index is 11.8. The molecule has 0 spiro atoms. The Labute approximate surface area is 144 Å². The van der Waals surface area contributed by atoms with Crippen LogP contribution in [0.3, 0.4) is 0 Å². The van der Waals surface area contributed by atoms with Crippen LogP contribution in [0, 0.1) is 0 Å². The molecule has 1 aromatic heterocycles. The van der Waals surface area contributed by atoms with Crippen molar-refractivity contribution in [3.05, 3.63) is 45.1 Å². The normalized spacial score (nSPS) is 18.0. The maximum absolute atomic E-state index is 11.8. The Bertz CT molecular complexity index is 716. The van der Waals surface area contributed by atoms with Crippen LogP contribution in [-0.4, -0.2) is 12.0 Å². The van der Waals surface area contributed by atoms with Crippen molar-refractivity contribution >= 4 is 34.5 Å². The number of thiophene rings is 1. The zero-order chi connectivity index (χ0) is 16.4. The topological polar surface area (TPSA) is 50.4 Å². The molecule has 122 valence electrons. The summed E-state index contributed by atoms with van der Waals surface area (Å²) in [5.74, 6) is 0.656. The van der Waals surface area contributed by atoms with Gasteiger partial charge in [-0.2, -0.15) is 0 Å². The van der Waals surface area contributed by atoms with Crippen LogP contribution in [0.5, 0.6) is 5.75 Å². The highest BCUT2D eigenvalue weighted by molar-refractivity contribution is 7.10. The first-order valence-electron chi connectivity index (χ1n) is 7.65. The van der Waals surface area contributed by atoms with E-state index in [1.807, 2.05) is 36.6 Å². The molecule has 0 unspecified atom stereocenters. The van der Waals surface area contributed by atoms with Gasteiger partial charge in [-0.25, -0.2) is 0 Å². The fraction of sp³-hybridized carbons (Fsp3) is 0.353. The highest BCUT2D eigenvalue weighted by Gasteiger charge is 2.26. The van der Waals surface area contributed by atoms with Gasteiger partial charge in [0, 0.05) is 17.5 Å². The van der Waals surface area contributed by atoms with Crippen LogP contribution in [0.4, 0.5) is 5.69 Å². The second-order valence-corrected chi connectivity index (χ2v) is 6.96. The Morgan fingerprint density at radius 2 is 2.26 bits per heavy atom. The molecule has 2 heterocycles. The van der Waals surface area contributed by atoms with E-state index in [0.29, 0.717) is 6.42 Å². The Morgan fingerprint density at radius 3 is 2.96 bits per heavy atom. The number of halogens is 1. The standard InChI is InChI=1S/C17H19ClN2O2S/c1-3-14-17(21)20-13-5-4-11(8-15(13)22-14)10(2)19-9-16-12(18)6-7-23-16/h4-8,10,14,19H,3,9H2,1-2H3,(H,20,21)/t10-,14+/m0/s1. The summed E-state index contributed by atoms with van der Waals surface area (Å²) in [5.41, 5.74) is 1.85. The maximum Gasteiger partial charge on any atom is 0.265 e. The molecule has 1 aliphatic rings. The van der Waals surface area contributed by atoms with Crippen molar-refractivity contribution in [3.8, 4) is 5.75 Å². The smallest absolute Gasteiger partial charge is 0.265 e. The number of amides is 1. The van der Waals surface area contributed by atoms with E-state index in [1.165, 1.54) is 0 Å². The van der Waals surface area contributed by atoms with Crippen LogP contribution in [0.15, 0.2) is 29.6 Å². The van der Waals surface area contributed by atoms with Crippen LogP contribution in [0.2, 0.25) is 5.02 Å². The van der Waals surface area contributed by atoms with Crippen molar-refractivity contribution in [2.45, 2.75) is 39.0 Å². The summed E-state index contributed by atoms with van der Waals surface area (Å²) in [6, 6.07) is 7.95. The van der Waals surface area contributed by atoms with Crippen LogP contribution < -0.4 is 15.4 Å². The summed E-state index contributed by atoms with van der Waals surface area (Å²) in [5, 5.41) is 9.15. The molecule has 1 aromatic carbocycles. The summed E-state index contributed by atoms with van der Waals surface area (Å²) in [6.07, 6.45) is 0.242. The molecule has 23 heavy (non-hydrogen) atoms. The summed E-state index contributed by atoms with van der Waals surface area (Å²) in [4.78, 5) is 12.9. The number of carbonyl (C=O) groups excluding carboxylic acids is 1. The second kappa shape index (κ2) is 6.91. The van der Waals surface area contributed by atoms with E-state index in [4.69, 9.17) is 16.3 Å². The number of nitrogens with one attached hydrogen (secondary N) is 2. The first-order chi connectivity index (χ1) is 11.1.